The summed E-state index contributed by atoms with van der Waals surface area (Å²) in [5.74, 6) is -0.00343. The van der Waals surface area contributed by atoms with E-state index >= 15 is 0 Å². The Kier molecular flexibility index (Phi) is 6.38. The fourth-order valence-corrected chi connectivity index (χ4v) is 1.99. The van der Waals surface area contributed by atoms with Crippen molar-refractivity contribution in [3.05, 3.63) is 48.0 Å². The Morgan fingerprint density at radius 2 is 1.88 bits per heavy atom. The van der Waals surface area contributed by atoms with Crippen molar-refractivity contribution in [1.29, 1.82) is 0 Å². The SMILES string of the molecule is C[C@@H](CNC(=O)OC(C)(C)C)N=Cc1ccc(-c2ncc(F)cn2)cc1. The van der Waals surface area contributed by atoms with Gasteiger partial charge in [0.15, 0.2) is 11.6 Å². The lowest BCUT2D eigenvalue weighted by Gasteiger charge is -2.20. The second-order valence-electron chi connectivity index (χ2n) is 6.86. The van der Waals surface area contributed by atoms with Crippen molar-refractivity contribution in [2.75, 3.05) is 6.54 Å². The summed E-state index contributed by atoms with van der Waals surface area (Å²) >= 11 is 0. The van der Waals surface area contributed by atoms with Crippen LogP contribution in [0.3, 0.4) is 0 Å². The molecule has 0 unspecified atom stereocenters. The molecule has 26 heavy (non-hydrogen) atoms. The fraction of sp³-hybridized carbons (Fsp3) is 0.368. The summed E-state index contributed by atoms with van der Waals surface area (Å²) in [6.07, 6.45) is 3.55. The zero-order valence-electron chi connectivity index (χ0n) is 15.4. The quantitative estimate of drug-likeness (QED) is 0.828. The average Bonchev–Trinajstić information content (AvgIpc) is 2.58. The highest BCUT2D eigenvalue weighted by Gasteiger charge is 2.16. The van der Waals surface area contributed by atoms with E-state index < -0.39 is 17.5 Å². The van der Waals surface area contributed by atoms with Gasteiger partial charge in [-0.3, -0.25) is 4.99 Å². The lowest BCUT2D eigenvalue weighted by atomic mass is 10.1. The van der Waals surface area contributed by atoms with E-state index in [4.69, 9.17) is 4.74 Å². The molecule has 1 aromatic carbocycles. The van der Waals surface area contributed by atoms with Crippen LogP contribution in [-0.2, 0) is 4.74 Å². The third-order valence-corrected chi connectivity index (χ3v) is 3.21. The molecule has 1 heterocycles. The average molecular weight is 358 g/mol. The first kappa shape index (κ1) is 19.5. The number of benzene rings is 1. The summed E-state index contributed by atoms with van der Waals surface area (Å²) in [4.78, 5) is 23.9. The smallest absolute Gasteiger partial charge is 0.407 e. The monoisotopic (exact) mass is 358 g/mol. The van der Waals surface area contributed by atoms with E-state index in [1.54, 1.807) is 6.21 Å². The van der Waals surface area contributed by atoms with Gasteiger partial charge in [-0.05, 0) is 33.3 Å². The molecular weight excluding hydrogens is 335 g/mol. The molecule has 0 aliphatic heterocycles. The number of ether oxygens (including phenoxy) is 1. The molecule has 0 fully saturated rings. The van der Waals surface area contributed by atoms with Crippen LogP contribution in [0.25, 0.3) is 11.4 Å². The maximum absolute atomic E-state index is 12.9. The van der Waals surface area contributed by atoms with Gasteiger partial charge in [-0.1, -0.05) is 24.3 Å². The Balaban J connectivity index is 1.87. The molecule has 1 atom stereocenters. The molecule has 138 valence electrons. The van der Waals surface area contributed by atoms with E-state index in [2.05, 4.69) is 20.3 Å². The summed E-state index contributed by atoms with van der Waals surface area (Å²) in [6.45, 7) is 7.72. The van der Waals surface area contributed by atoms with Crippen LogP contribution in [0.4, 0.5) is 9.18 Å². The van der Waals surface area contributed by atoms with E-state index in [-0.39, 0.29) is 6.04 Å². The van der Waals surface area contributed by atoms with E-state index in [1.165, 1.54) is 0 Å². The van der Waals surface area contributed by atoms with E-state index in [9.17, 15) is 9.18 Å². The number of halogens is 1. The van der Waals surface area contributed by atoms with Crippen molar-refractivity contribution in [1.82, 2.24) is 15.3 Å². The lowest BCUT2D eigenvalue weighted by molar-refractivity contribution is 0.0525. The lowest BCUT2D eigenvalue weighted by Crippen LogP contribution is -2.35. The van der Waals surface area contributed by atoms with Crippen LogP contribution in [0.1, 0.15) is 33.3 Å². The summed E-state index contributed by atoms with van der Waals surface area (Å²) in [5.41, 5.74) is 1.17. The number of nitrogens with zero attached hydrogens (tertiary/aromatic N) is 3. The van der Waals surface area contributed by atoms with Crippen molar-refractivity contribution >= 4 is 12.3 Å². The van der Waals surface area contributed by atoms with Crippen molar-refractivity contribution < 1.29 is 13.9 Å². The Bertz CT molecular complexity index is 753. The molecule has 2 rings (SSSR count). The number of aromatic nitrogens is 2. The maximum atomic E-state index is 12.9. The van der Waals surface area contributed by atoms with Crippen molar-refractivity contribution in [2.45, 2.75) is 39.3 Å². The molecule has 6 nitrogen and oxygen atoms in total. The van der Waals surface area contributed by atoms with Gasteiger partial charge in [-0.2, -0.15) is 0 Å². The highest BCUT2D eigenvalue weighted by atomic mass is 19.1. The van der Waals surface area contributed by atoms with Gasteiger partial charge < -0.3 is 10.1 Å². The first-order valence-corrected chi connectivity index (χ1v) is 8.31. The van der Waals surface area contributed by atoms with Crippen LogP contribution in [0.15, 0.2) is 41.7 Å². The molecule has 0 saturated heterocycles. The number of carbonyl (C=O) groups is 1. The van der Waals surface area contributed by atoms with E-state index in [0.29, 0.717) is 12.4 Å². The Morgan fingerprint density at radius 3 is 2.46 bits per heavy atom. The third kappa shape index (κ3) is 6.58. The van der Waals surface area contributed by atoms with E-state index in [0.717, 1.165) is 23.5 Å². The Morgan fingerprint density at radius 1 is 1.27 bits per heavy atom. The largest absolute Gasteiger partial charge is 0.444 e. The molecule has 0 aliphatic rings. The molecule has 0 bridgehead atoms. The summed E-state index contributed by atoms with van der Waals surface area (Å²) in [6, 6.07) is 7.35. The van der Waals surface area contributed by atoms with E-state index in [1.807, 2.05) is 52.0 Å². The molecule has 0 saturated carbocycles. The van der Waals surface area contributed by atoms with Gasteiger partial charge in [0.2, 0.25) is 0 Å². The molecule has 1 N–H and O–H groups in total. The molecule has 0 spiro atoms. The molecule has 0 radical (unpaired) electrons. The zero-order chi connectivity index (χ0) is 19.2. The Labute approximate surface area is 152 Å². The summed E-state index contributed by atoms with van der Waals surface area (Å²) in [5, 5.41) is 2.69. The number of aliphatic imine (C=N–C) groups is 1. The van der Waals surface area contributed by atoms with Crippen LogP contribution in [0, 0.1) is 5.82 Å². The van der Waals surface area contributed by atoms with Crippen LogP contribution >= 0.6 is 0 Å². The predicted octanol–water partition coefficient (Wildman–Crippen LogP) is 3.61. The molecular formula is C19H23FN4O2. The molecule has 7 heteroatoms. The van der Waals surface area contributed by atoms with Gasteiger partial charge in [0, 0.05) is 18.3 Å². The number of hydrogen-bond donors (Lipinski definition) is 1. The minimum Gasteiger partial charge on any atom is -0.444 e. The highest BCUT2D eigenvalue weighted by molar-refractivity contribution is 5.80. The van der Waals surface area contributed by atoms with Crippen molar-refractivity contribution in [3.8, 4) is 11.4 Å². The standard InChI is InChI=1S/C19H23FN4O2/c1-13(9-24-18(25)26-19(2,3)4)21-10-14-5-7-15(8-6-14)17-22-11-16(20)12-23-17/h5-8,10-13H,9H2,1-4H3,(H,24,25)/t13-/m0/s1. The van der Waals surface area contributed by atoms with Crippen LogP contribution < -0.4 is 5.32 Å². The first-order chi connectivity index (χ1) is 12.2. The van der Waals surface area contributed by atoms with Crippen LogP contribution in [0.5, 0.6) is 0 Å². The molecule has 0 aliphatic carbocycles. The van der Waals surface area contributed by atoms with Gasteiger partial charge in [-0.25, -0.2) is 19.2 Å². The number of amides is 1. The topological polar surface area (TPSA) is 76.5 Å². The Hall–Kier alpha value is -2.83. The fourth-order valence-electron chi connectivity index (χ4n) is 1.99. The molecule has 1 aromatic heterocycles. The predicted molar refractivity (Wildman–Crippen MR) is 98.7 cm³/mol. The minimum atomic E-state index is -0.521. The molecule has 2 aromatic rings. The van der Waals surface area contributed by atoms with Crippen molar-refractivity contribution in [2.24, 2.45) is 4.99 Å². The van der Waals surface area contributed by atoms with Gasteiger partial charge in [0.25, 0.3) is 0 Å². The van der Waals surface area contributed by atoms with Gasteiger partial charge in [0.05, 0.1) is 18.4 Å². The number of carbonyl (C=O) groups excluding carboxylic acids is 1. The summed E-state index contributed by atoms with van der Waals surface area (Å²) in [7, 11) is 0. The highest BCUT2D eigenvalue weighted by Crippen LogP contribution is 2.14. The number of hydrogen-bond acceptors (Lipinski definition) is 5. The van der Waals surface area contributed by atoms with Crippen LogP contribution in [0.2, 0.25) is 0 Å². The van der Waals surface area contributed by atoms with Crippen molar-refractivity contribution in [3.63, 3.8) is 0 Å². The number of nitrogens with one attached hydrogen (secondary N) is 1. The number of rotatable bonds is 5. The zero-order valence-corrected chi connectivity index (χ0v) is 15.4. The normalized spacial score (nSPS) is 12.8. The molecule has 1 amide bonds. The first-order valence-electron chi connectivity index (χ1n) is 8.31. The van der Waals surface area contributed by atoms with Gasteiger partial charge in [-0.15, -0.1) is 0 Å². The van der Waals surface area contributed by atoms with Crippen LogP contribution in [-0.4, -0.2) is 40.5 Å². The van der Waals surface area contributed by atoms with Gasteiger partial charge >= 0.3 is 6.09 Å². The maximum Gasteiger partial charge on any atom is 0.407 e. The third-order valence-electron chi connectivity index (χ3n) is 3.21. The van der Waals surface area contributed by atoms with Gasteiger partial charge in [0.1, 0.15) is 5.60 Å². The minimum absolute atomic E-state index is 0.0948. The summed E-state index contributed by atoms with van der Waals surface area (Å²) < 4.78 is 18.0. The second-order valence-corrected chi connectivity index (χ2v) is 6.86. The second kappa shape index (κ2) is 8.51. The number of alkyl carbamates (subject to hydrolysis) is 1.